The Hall–Kier alpha value is -2.49. The molecule has 0 N–H and O–H groups in total. The number of carbonyl (C=O) groups is 1. The van der Waals surface area contributed by atoms with Crippen molar-refractivity contribution in [3.8, 4) is 11.3 Å². The van der Waals surface area contributed by atoms with Gasteiger partial charge in [0.25, 0.3) is 0 Å². The first kappa shape index (κ1) is 15.4. The minimum Gasteiger partial charge on any atom is -0.339 e. The van der Waals surface area contributed by atoms with Crippen LogP contribution >= 0.6 is 0 Å². The summed E-state index contributed by atoms with van der Waals surface area (Å²) in [6.45, 7) is 1.50. The molecule has 1 fully saturated rings. The minimum absolute atomic E-state index is 0.241. The molecule has 0 bridgehead atoms. The quantitative estimate of drug-likeness (QED) is 0.857. The first-order valence-electron chi connectivity index (χ1n) is 7.89. The number of amides is 1. The molecule has 0 atom stereocenters. The van der Waals surface area contributed by atoms with Crippen molar-refractivity contribution < 1.29 is 9.18 Å². The number of pyridine rings is 1. The third kappa shape index (κ3) is 4.03. The van der Waals surface area contributed by atoms with Gasteiger partial charge in [0.15, 0.2) is 0 Å². The van der Waals surface area contributed by atoms with Gasteiger partial charge in [-0.05, 0) is 48.7 Å². The van der Waals surface area contributed by atoms with Gasteiger partial charge in [-0.15, -0.1) is 0 Å². The maximum atomic E-state index is 12.9. The van der Waals surface area contributed by atoms with E-state index in [1.54, 1.807) is 18.3 Å². The molecule has 1 aromatic carbocycles. The van der Waals surface area contributed by atoms with E-state index in [-0.39, 0.29) is 11.7 Å². The lowest BCUT2D eigenvalue weighted by atomic mass is 10.1. The van der Waals surface area contributed by atoms with Gasteiger partial charge in [-0.2, -0.15) is 0 Å². The van der Waals surface area contributed by atoms with Crippen LogP contribution in [0.5, 0.6) is 0 Å². The predicted molar refractivity (Wildman–Crippen MR) is 89.1 cm³/mol. The largest absolute Gasteiger partial charge is 0.339 e. The molecule has 4 heteroatoms. The maximum absolute atomic E-state index is 12.9. The van der Waals surface area contributed by atoms with Crippen molar-refractivity contribution >= 4 is 12.0 Å². The van der Waals surface area contributed by atoms with Gasteiger partial charge < -0.3 is 4.90 Å². The molecular formula is C19H19FN2O. The van der Waals surface area contributed by atoms with Crippen LogP contribution < -0.4 is 0 Å². The van der Waals surface area contributed by atoms with Crippen molar-refractivity contribution in [2.75, 3.05) is 13.1 Å². The highest BCUT2D eigenvalue weighted by atomic mass is 19.1. The summed E-state index contributed by atoms with van der Waals surface area (Å²) in [5.41, 5.74) is 2.69. The number of carbonyl (C=O) groups excluding carboxylic acids is 1. The third-order valence-corrected chi connectivity index (χ3v) is 3.98. The summed E-state index contributed by atoms with van der Waals surface area (Å²) < 4.78 is 12.9. The molecule has 1 aromatic heterocycles. The fraction of sp³-hybridized carbons (Fsp3) is 0.263. The number of piperidine rings is 1. The SMILES string of the molecule is O=C1CCCCN1CC=Cc1ccc(-c2ccc(F)cc2)nc1. The lowest BCUT2D eigenvalue weighted by molar-refractivity contribution is -0.132. The second-order valence-electron chi connectivity index (χ2n) is 5.68. The molecule has 118 valence electrons. The van der Waals surface area contributed by atoms with Crippen LogP contribution in [-0.4, -0.2) is 28.9 Å². The molecule has 2 heterocycles. The smallest absolute Gasteiger partial charge is 0.222 e. The Morgan fingerprint density at radius 1 is 1.13 bits per heavy atom. The van der Waals surface area contributed by atoms with Gasteiger partial charge >= 0.3 is 0 Å². The molecule has 0 aliphatic carbocycles. The second-order valence-corrected chi connectivity index (χ2v) is 5.68. The van der Waals surface area contributed by atoms with E-state index in [1.165, 1.54) is 12.1 Å². The number of halogens is 1. The van der Waals surface area contributed by atoms with Gasteiger partial charge in [0, 0.05) is 31.3 Å². The van der Waals surface area contributed by atoms with E-state index in [9.17, 15) is 9.18 Å². The number of benzene rings is 1. The zero-order chi connectivity index (χ0) is 16.1. The number of rotatable bonds is 4. The lowest BCUT2D eigenvalue weighted by Gasteiger charge is -2.25. The average Bonchev–Trinajstić information content (AvgIpc) is 2.58. The number of likely N-dealkylation sites (tertiary alicyclic amines) is 1. The fourth-order valence-corrected chi connectivity index (χ4v) is 2.67. The average molecular weight is 310 g/mol. The summed E-state index contributed by atoms with van der Waals surface area (Å²) in [4.78, 5) is 18.0. The number of nitrogens with zero attached hydrogens (tertiary/aromatic N) is 2. The van der Waals surface area contributed by atoms with Crippen LogP contribution in [0.2, 0.25) is 0 Å². The third-order valence-electron chi connectivity index (χ3n) is 3.98. The number of hydrogen-bond acceptors (Lipinski definition) is 2. The Morgan fingerprint density at radius 2 is 1.96 bits per heavy atom. The zero-order valence-corrected chi connectivity index (χ0v) is 12.9. The van der Waals surface area contributed by atoms with Crippen molar-refractivity contribution in [3.63, 3.8) is 0 Å². The molecule has 1 amide bonds. The van der Waals surface area contributed by atoms with Crippen LogP contribution in [0.25, 0.3) is 17.3 Å². The maximum Gasteiger partial charge on any atom is 0.222 e. The van der Waals surface area contributed by atoms with E-state index in [2.05, 4.69) is 4.98 Å². The van der Waals surface area contributed by atoms with Gasteiger partial charge in [0.1, 0.15) is 5.82 Å². The van der Waals surface area contributed by atoms with Crippen molar-refractivity contribution in [3.05, 3.63) is 60.1 Å². The van der Waals surface area contributed by atoms with E-state index >= 15 is 0 Å². The first-order chi connectivity index (χ1) is 11.2. The van der Waals surface area contributed by atoms with Gasteiger partial charge in [-0.25, -0.2) is 4.39 Å². The van der Waals surface area contributed by atoms with Gasteiger partial charge in [0.05, 0.1) is 5.69 Å². The van der Waals surface area contributed by atoms with Crippen molar-refractivity contribution in [1.82, 2.24) is 9.88 Å². The van der Waals surface area contributed by atoms with Crippen LogP contribution in [0, 0.1) is 5.82 Å². The molecule has 1 aliphatic heterocycles. The summed E-state index contributed by atoms with van der Waals surface area (Å²) in [5, 5.41) is 0. The standard InChI is InChI=1S/C19H19FN2O/c20-17-9-7-16(8-10-17)18-11-6-15(14-21-18)4-3-13-22-12-2-1-5-19(22)23/h3-4,6-11,14H,1-2,5,12-13H2. The van der Waals surface area contributed by atoms with Crippen LogP contribution in [0.1, 0.15) is 24.8 Å². The van der Waals surface area contributed by atoms with Crippen molar-refractivity contribution in [2.24, 2.45) is 0 Å². The van der Waals surface area contributed by atoms with Gasteiger partial charge in [0.2, 0.25) is 5.91 Å². The summed E-state index contributed by atoms with van der Waals surface area (Å²) in [6, 6.07) is 10.2. The second kappa shape index (κ2) is 7.18. The molecule has 3 rings (SSSR count). The summed E-state index contributed by atoms with van der Waals surface area (Å²) in [7, 11) is 0. The highest BCUT2D eigenvalue weighted by molar-refractivity contribution is 5.77. The number of hydrogen-bond donors (Lipinski definition) is 0. The Labute approximate surface area is 135 Å². The first-order valence-corrected chi connectivity index (χ1v) is 7.89. The minimum atomic E-state index is -0.249. The Balaban J connectivity index is 1.62. The van der Waals surface area contributed by atoms with E-state index in [1.807, 2.05) is 29.2 Å². The molecule has 0 unspecified atom stereocenters. The van der Waals surface area contributed by atoms with Crippen molar-refractivity contribution in [1.29, 1.82) is 0 Å². The molecule has 3 nitrogen and oxygen atoms in total. The molecule has 1 saturated heterocycles. The Kier molecular flexibility index (Phi) is 4.81. The molecule has 0 radical (unpaired) electrons. The lowest BCUT2D eigenvalue weighted by Crippen LogP contribution is -2.35. The highest BCUT2D eigenvalue weighted by Crippen LogP contribution is 2.18. The van der Waals surface area contributed by atoms with E-state index in [0.29, 0.717) is 13.0 Å². The van der Waals surface area contributed by atoms with Crippen LogP contribution in [-0.2, 0) is 4.79 Å². The van der Waals surface area contributed by atoms with Crippen LogP contribution in [0.3, 0.4) is 0 Å². The predicted octanol–water partition coefficient (Wildman–Crippen LogP) is 3.91. The van der Waals surface area contributed by atoms with Crippen LogP contribution in [0.4, 0.5) is 4.39 Å². The summed E-state index contributed by atoms with van der Waals surface area (Å²) in [6.07, 6.45) is 8.53. The Bertz CT molecular complexity index is 692. The van der Waals surface area contributed by atoms with Crippen LogP contribution in [0.15, 0.2) is 48.7 Å². The van der Waals surface area contributed by atoms with E-state index in [4.69, 9.17) is 0 Å². The van der Waals surface area contributed by atoms with E-state index < -0.39 is 0 Å². The normalized spacial score (nSPS) is 15.3. The summed E-state index contributed by atoms with van der Waals surface area (Å²) >= 11 is 0. The molecule has 0 saturated carbocycles. The Morgan fingerprint density at radius 3 is 2.65 bits per heavy atom. The molecule has 2 aromatic rings. The van der Waals surface area contributed by atoms with Gasteiger partial charge in [-0.1, -0.05) is 18.2 Å². The monoisotopic (exact) mass is 310 g/mol. The number of aromatic nitrogens is 1. The molecule has 0 spiro atoms. The topological polar surface area (TPSA) is 33.2 Å². The molecule has 23 heavy (non-hydrogen) atoms. The van der Waals surface area contributed by atoms with Gasteiger partial charge in [-0.3, -0.25) is 9.78 Å². The van der Waals surface area contributed by atoms with Crippen molar-refractivity contribution in [2.45, 2.75) is 19.3 Å². The summed E-state index contributed by atoms with van der Waals surface area (Å²) in [5.74, 6) is -0.00811. The molecular weight excluding hydrogens is 291 g/mol. The molecule has 1 aliphatic rings. The zero-order valence-electron chi connectivity index (χ0n) is 12.9. The fourth-order valence-electron chi connectivity index (χ4n) is 2.67. The van der Waals surface area contributed by atoms with E-state index in [0.717, 1.165) is 36.2 Å². The highest BCUT2D eigenvalue weighted by Gasteiger charge is 2.15.